The van der Waals surface area contributed by atoms with E-state index in [9.17, 15) is 9.59 Å². The SMILES string of the molecule is CCCCCC(=O)N[C@@H]1CC2(CCO2)C[C@@H]1C(=O)NO. The Balaban J connectivity index is 1.90. The molecule has 2 fully saturated rings. The molecule has 0 bridgehead atoms. The minimum atomic E-state index is -0.434. The second-order valence-electron chi connectivity index (χ2n) is 5.90. The Hall–Kier alpha value is -1.14. The highest BCUT2D eigenvalue weighted by Crippen LogP contribution is 2.45. The summed E-state index contributed by atoms with van der Waals surface area (Å²) in [6.45, 7) is 2.80. The van der Waals surface area contributed by atoms with Gasteiger partial charge in [-0.15, -0.1) is 0 Å². The van der Waals surface area contributed by atoms with Gasteiger partial charge in [0, 0.05) is 12.5 Å². The van der Waals surface area contributed by atoms with E-state index in [-0.39, 0.29) is 17.6 Å². The summed E-state index contributed by atoms with van der Waals surface area (Å²) in [7, 11) is 0. The molecule has 114 valence electrons. The normalized spacial score (nSPS) is 31.9. The number of nitrogens with one attached hydrogen (secondary N) is 2. The van der Waals surface area contributed by atoms with Crippen molar-refractivity contribution in [2.75, 3.05) is 6.61 Å². The number of hydroxylamine groups is 1. The molecule has 1 spiro atoms. The molecule has 0 radical (unpaired) electrons. The standard InChI is InChI=1S/C14H24N2O4/c1-2-3-4-5-12(17)15-11-9-14(6-7-20-14)8-10(11)13(18)16-19/h10-11,19H,2-9H2,1H3,(H,15,17)(H,16,18)/t10-,11+,14?/m0/s1. The molecule has 1 saturated carbocycles. The lowest BCUT2D eigenvalue weighted by Crippen LogP contribution is -2.44. The molecule has 0 aromatic heterocycles. The van der Waals surface area contributed by atoms with Crippen molar-refractivity contribution in [3.8, 4) is 0 Å². The predicted molar refractivity (Wildman–Crippen MR) is 72.0 cm³/mol. The highest BCUT2D eigenvalue weighted by molar-refractivity contribution is 5.81. The number of amides is 2. The third-order valence-electron chi connectivity index (χ3n) is 4.44. The maximum atomic E-state index is 11.9. The number of ether oxygens (including phenoxy) is 1. The molecular formula is C14H24N2O4. The number of unbranched alkanes of at least 4 members (excludes halogenated alkanes) is 2. The largest absolute Gasteiger partial charge is 0.375 e. The van der Waals surface area contributed by atoms with Gasteiger partial charge in [0.25, 0.3) is 0 Å². The summed E-state index contributed by atoms with van der Waals surface area (Å²) in [6, 6.07) is -0.239. The van der Waals surface area contributed by atoms with Crippen LogP contribution in [0.25, 0.3) is 0 Å². The smallest absolute Gasteiger partial charge is 0.248 e. The van der Waals surface area contributed by atoms with Gasteiger partial charge >= 0.3 is 0 Å². The van der Waals surface area contributed by atoms with Gasteiger partial charge in [-0.05, 0) is 25.7 Å². The van der Waals surface area contributed by atoms with Crippen molar-refractivity contribution in [1.82, 2.24) is 10.8 Å². The summed E-state index contributed by atoms with van der Waals surface area (Å²) in [6.07, 6.45) is 5.61. The lowest BCUT2D eigenvalue weighted by molar-refractivity contribution is -0.149. The van der Waals surface area contributed by atoms with E-state index < -0.39 is 11.8 Å². The van der Waals surface area contributed by atoms with Crippen molar-refractivity contribution < 1.29 is 19.5 Å². The van der Waals surface area contributed by atoms with Gasteiger partial charge in [0.15, 0.2) is 0 Å². The minimum Gasteiger partial charge on any atom is -0.375 e. The molecule has 6 heteroatoms. The van der Waals surface area contributed by atoms with Crippen LogP contribution in [0.2, 0.25) is 0 Å². The summed E-state index contributed by atoms with van der Waals surface area (Å²) in [5, 5.41) is 11.8. The lowest BCUT2D eigenvalue weighted by atomic mass is 9.92. The van der Waals surface area contributed by atoms with Crippen molar-refractivity contribution in [2.24, 2.45) is 5.92 Å². The first-order valence-electron chi connectivity index (χ1n) is 7.47. The van der Waals surface area contributed by atoms with E-state index >= 15 is 0 Å². The van der Waals surface area contributed by atoms with Crippen LogP contribution in [0.4, 0.5) is 0 Å². The van der Waals surface area contributed by atoms with Gasteiger partial charge in [-0.3, -0.25) is 14.8 Å². The highest BCUT2D eigenvalue weighted by Gasteiger charge is 2.52. The molecule has 1 aliphatic carbocycles. The first kappa shape index (κ1) is 15.3. The zero-order valence-electron chi connectivity index (χ0n) is 12.0. The molecule has 0 aromatic carbocycles. The number of carbonyl (C=O) groups excluding carboxylic acids is 2. The topological polar surface area (TPSA) is 87.7 Å². The number of hydrogen-bond acceptors (Lipinski definition) is 4. The third-order valence-corrected chi connectivity index (χ3v) is 4.44. The van der Waals surface area contributed by atoms with E-state index in [0.717, 1.165) is 25.7 Å². The van der Waals surface area contributed by atoms with E-state index in [1.807, 2.05) is 0 Å². The zero-order chi connectivity index (χ0) is 14.6. The Morgan fingerprint density at radius 3 is 2.65 bits per heavy atom. The van der Waals surface area contributed by atoms with E-state index in [2.05, 4.69) is 12.2 Å². The van der Waals surface area contributed by atoms with Crippen LogP contribution in [0.1, 0.15) is 51.9 Å². The fraction of sp³-hybridized carbons (Fsp3) is 0.857. The predicted octanol–water partition coefficient (Wildman–Crippen LogP) is 1.13. The number of rotatable bonds is 6. The lowest BCUT2D eigenvalue weighted by Gasteiger charge is -2.38. The minimum absolute atomic E-state index is 0.0180. The molecule has 2 amide bonds. The quantitative estimate of drug-likeness (QED) is 0.387. The van der Waals surface area contributed by atoms with Crippen LogP contribution in [0.5, 0.6) is 0 Å². The summed E-state index contributed by atoms with van der Waals surface area (Å²) < 4.78 is 5.60. The first-order valence-corrected chi connectivity index (χ1v) is 7.47. The molecule has 3 N–H and O–H groups in total. The van der Waals surface area contributed by atoms with Gasteiger partial charge < -0.3 is 10.1 Å². The van der Waals surface area contributed by atoms with Crippen LogP contribution < -0.4 is 10.8 Å². The van der Waals surface area contributed by atoms with Gasteiger partial charge in [0.05, 0.1) is 18.1 Å². The van der Waals surface area contributed by atoms with Crippen LogP contribution in [0.15, 0.2) is 0 Å². The van der Waals surface area contributed by atoms with Gasteiger partial charge in [-0.25, -0.2) is 5.48 Å². The van der Waals surface area contributed by atoms with E-state index in [4.69, 9.17) is 9.94 Å². The van der Waals surface area contributed by atoms with Crippen LogP contribution >= 0.6 is 0 Å². The second kappa shape index (κ2) is 6.54. The summed E-state index contributed by atoms with van der Waals surface area (Å²) in [5.74, 6) is -0.859. The maximum Gasteiger partial charge on any atom is 0.248 e. The Kier molecular flexibility index (Phi) is 4.99. The van der Waals surface area contributed by atoms with Crippen molar-refractivity contribution >= 4 is 11.8 Å². The summed E-state index contributed by atoms with van der Waals surface area (Å²) in [5.41, 5.74) is 1.44. The molecule has 20 heavy (non-hydrogen) atoms. The fourth-order valence-corrected chi connectivity index (χ4v) is 3.21. The molecule has 1 aliphatic heterocycles. The number of carbonyl (C=O) groups is 2. The molecule has 3 atom stereocenters. The van der Waals surface area contributed by atoms with Crippen molar-refractivity contribution in [2.45, 2.75) is 63.5 Å². The van der Waals surface area contributed by atoms with Crippen LogP contribution in [-0.2, 0) is 14.3 Å². The summed E-state index contributed by atoms with van der Waals surface area (Å²) >= 11 is 0. The van der Waals surface area contributed by atoms with Gasteiger partial charge in [-0.1, -0.05) is 19.8 Å². The Morgan fingerprint density at radius 2 is 2.10 bits per heavy atom. The monoisotopic (exact) mass is 284 g/mol. The van der Waals surface area contributed by atoms with Crippen molar-refractivity contribution in [3.63, 3.8) is 0 Å². The van der Waals surface area contributed by atoms with Gasteiger partial charge in [-0.2, -0.15) is 0 Å². The zero-order valence-corrected chi connectivity index (χ0v) is 12.0. The van der Waals surface area contributed by atoms with Gasteiger partial charge in [0.1, 0.15) is 0 Å². The average Bonchev–Trinajstić information content (AvgIpc) is 2.78. The van der Waals surface area contributed by atoms with Crippen LogP contribution in [0.3, 0.4) is 0 Å². The maximum absolute atomic E-state index is 11.9. The molecule has 1 saturated heterocycles. The second-order valence-corrected chi connectivity index (χ2v) is 5.90. The first-order chi connectivity index (χ1) is 9.60. The summed E-state index contributed by atoms with van der Waals surface area (Å²) in [4.78, 5) is 23.6. The molecule has 1 heterocycles. The van der Waals surface area contributed by atoms with E-state index in [1.165, 1.54) is 0 Å². The van der Waals surface area contributed by atoms with Crippen molar-refractivity contribution in [1.29, 1.82) is 0 Å². The number of hydrogen-bond donors (Lipinski definition) is 3. The molecule has 2 aliphatic rings. The van der Waals surface area contributed by atoms with E-state index in [0.29, 0.717) is 25.9 Å². The van der Waals surface area contributed by atoms with E-state index in [1.54, 1.807) is 5.48 Å². The van der Waals surface area contributed by atoms with Crippen LogP contribution in [-0.4, -0.2) is 35.3 Å². The van der Waals surface area contributed by atoms with Crippen molar-refractivity contribution in [3.05, 3.63) is 0 Å². The highest BCUT2D eigenvalue weighted by atomic mass is 16.5. The molecular weight excluding hydrogens is 260 g/mol. The molecule has 2 rings (SSSR count). The Bertz CT molecular complexity index is 368. The fourth-order valence-electron chi connectivity index (χ4n) is 3.21. The molecule has 1 unspecified atom stereocenters. The Morgan fingerprint density at radius 1 is 1.35 bits per heavy atom. The molecule has 0 aromatic rings. The third kappa shape index (κ3) is 3.30. The Labute approximate surface area is 119 Å². The van der Waals surface area contributed by atoms with Gasteiger partial charge in [0.2, 0.25) is 11.8 Å². The molecule has 6 nitrogen and oxygen atoms in total. The average molecular weight is 284 g/mol. The van der Waals surface area contributed by atoms with Crippen LogP contribution in [0, 0.1) is 5.92 Å².